The minimum Gasteiger partial charge on any atom is -0.343 e. The first-order valence-electron chi connectivity index (χ1n) is 10.2. The van der Waals surface area contributed by atoms with Gasteiger partial charge in [-0.3, -0.25) is 14.4 Å². The van der Waals surface area contributed by atoms with Crippen LogP contribution in [-0.2, 0) is 17.9 Å². The van der Waals surface area contributed by atoms with Crippen molar-refractivity contribution < 1.29 is 23.2 Å². The largest absolute Gasteiger partial charge is 0.343 e. The molecule has 2 aromatic heterocycles. The van der Waals surface area contributed by atoms with Crippen molar-refractivity contribution in [3.63, 3.8) is 0 Å². The van der Waals surface area contributed by atoms with Gasteiger partial charge in [0.25, 0.3) is 17.6 Å². The summed E-state index contributed by atoms with van der Waals surface area (Å²) < 4.78 is 28.1. The van der Waals surface area contributed by atoms with Crippen LogP contribution in [0, 0.1) is 33.5 Å². The van der Waals surface area contributed by atoms with Crippen LogP contribution in [0.3, 0.4) is 0 Å². The van der Waals surface area contributed by atoms with E-state index in [1.165, 1.54) is 41.0 Å². The number of Topliss-reactive ketones (excluding diaryl/α,β-unsaturated/α-hetero) is 1. The summed E-state index contributed by atoms with van der Waals surface area (Å²) in [6.45, 7) is 5.63. The smallest absolute Gasteiger partial charge is 0.294 e. The van der Waals surface area contributed by atoms with Crippen LogP contribution in [-0.4, -0.2) is 33.8 Å². The molecule has 0 aliphatic rings. The van der Waals surface area contributed by atoms with E-state index in [2.05, 4.69) is 15.6 Å². The number of aryl methyl sites for hydroxylation is 2. The summed E-state index contributed by atoms with van der Waals surface area (Å²) in [4.78, 5) is 42.8. The van der Waals surface area contributed by atoms with Gasteiger partial charge in [-0.15, -0.1) is 11.3 Å². The lowest BCUT2D eigenvalue weighted by atomic mass is 10.1. The second-order valence-electron chi connectivity index (χ2n) is 7.56. The molecule has 2 N–H and O–H groups in total. The number of carbonyl (C=O) groups is 3. The monoisotopic (exact) mass is 474 g/mol. The third-order valence-electron chi connectivity index (χ3n) is 5.24. The zero-order valence-electron chi connectivity index (χ0n) is 18.7. The van der Waals surface area contributed by atoms with Gasteiger partial charge in [-0.1, -0.05) is 0 Å². The van der Waals surface area contributed by atoms with Crippen LogP contribution in [0.4, 0.5) is 14.5 Å². The number of amides is 2. The molecule has 0 aliphatic carbocycles. The summed E-state index contributed by atoms with van der Waals surface area (Å²) in [5, 5.41) is 7.82. The highest BCUT2D eigenvalue weighted by Gasteiger charge is 2.29. The number of anilines is 1. The van der Waals surface area contributed by atoms with E-state index in [-0.39, 0.29) is 29.9 Å². The number of hydrogen-bond donors (Lipinski definition) is 2. The number of aromatic nitrogens is 2. The predicted molar refractivity (Wildman–Crippen MR) is 122 cm³/mol. The second-order valence-corrected chi connectivity index (χ2v) is 8.62. The summed E-state index contributed by atoms with van der Waals surface area (Å²) in [6, 6.07) is 4.14. The van der Waals surface area contributed by atoms with Crippen molar-refractivity contribution in [1.82, 2.24) is 14.9 Å². The van der Waals surface area contributed by atoms with Crippen LogP contribution in [0.25, 0.3) is 0 Å². The third kappa shape index (κ3) is 5.16. The maximum atomic E-state index is 13.5. The van der Waals surface area contributed by atoms with Gasteiger partial charge in [0.1, 0.15) is 12.5 Å². The molecule has 0 spiro atoms. The fraction of sp³-hybridized carbons (Fsp3) is 0.304. The number of carbonyl (C=O) groups excluding carboxylic acids is 3. The Morgan fingerprint density at radius 2 is 1.88 bits per heavy atom. The molecule has 3 rings (SSSR count). The van der Waals surface area contributed by atoms with Crippen molar-refractivity contribution in [2.24, 2.45) is 0 Å². The van der Waals surface area contributed by atoms with Crippen molar-refractivity contribution in [2.75, 3.05) is 12.0 Å². The topological polar surface area (TPSA) is 93.1 Å². The Morgan fingerprint density at radius 3 is 2.48 bits per heavy atom. The molecule has 7 nitrogen and oxygen atoms in total. The molecule has 0 unspecified atom stereocenters. The Hall–Kier alpha value is -3.40. The van der Waals surface area contributed by atoms with Gasteiger partial charge < -0.3 is 15.2 Å². The van der Waals surface area contributed by atoms with Crippen molar-refractivity contribution >= 4 is 34.6 Å². The molecule has 3 aromatic rings. The molecule has 10 heteroatoms. The van der Waals surface area contributed by atoms with Gasteiger partial charge in [0.05, 0.1) is 35.0 Å². The number of benzene rings is 1. The zero-order chi connectivity index (χ0) is 24.3. The van der Waals surface area contributed by atoms with Crippen molar-refractivity contribution in [3.05, 3.63) is 68.2 Å². The molecule has 0 saturated carbocycles. The standard InChI is InChI=1S/C23H24F2N4O3S/c1-12-9-16(5-6-18(12)25)28-22(31)19-13(2)20(29(8-7-24)14(19)3)21(30)23(32)26-10-17-11-33-15(4)27-17/h5-6,9,11H,7-8,10H2,1-4H3,(H,26,32)(H,28,31). The molecule has 33 heavy (non-hydrogen) atoms. The summed E-state index contributed by atoms with van der Waals surface area (Å²) in [5.74, 6) is -2.68. The Kier molecular flexibility index (Phi) is 7.37. The van der Waals surface area contributed by atoms with Gasteiger partial charge in [-0.25, -0.2) is 13.8 Å². The molecule has 0 atom stereocenters. The van der Waals surface area contributed by atoms with Crippen molar-refractivity contribution in [2.45, 2.75) is 40.8 Å². The molecule has 174 valence electrons. The Labute approximate surface area is 193 Å². The van der Waals surface area contributed by atoms with Gasteiger partial charge in [-0.2, -0.15) is 0 Å². The quantitative estimate of drug-likeness (QED) is 0.381. The van der Waals surface area contributed by atoms with E-state index in [9.17, 15) is 23.2 Å². The Bertz CT molecular complexity index is 1230. The fourth-order valence-corrected chi connectivity index (χ4v) is 4.26. The minimum absolute atomic E-state index is 0.0439. The van der Waals surface area contributed by atoms with Gasteiger partial charge in [-0.05, 0) is 57.0 Å². The van der Waals surface area contributed by atoms with Gasteiger partial charge in [0.2, 0.25) is 0 Å². The van der Waals surface area contributed by atoms with Crippen LogP contribution in [0.1, 0.15) is 48.4 Å². The number of hydrogen-bond acceptors (Lipinski definition) is 5. The maximum Gasteiger partial charge on any atom is 0.294 e. The molecule has 0 bridgehead atoms. The van der Waals surface area contributed by atoms with Crippen LogP contribution in [0.2, 0.25) is 0 Å². The lowest BCUT2D eigenvalue weighted by Gasteiger charge is -2.10. The van der Waals surface area contributed by atoms with Gasteiger partial charge in [0, 0.05) is 16.8 Å². The summed E-state index contributed by atoms with van der Waals surface area (Å²) in [5.41, 5.74) is 2.10. The lowest BCUT2D eigenvalue weighted by Crippen LogP contribution is -2.32. The second kappa shape index (κ2) is 10.0. The highest BCUT2D eigenvalue weighted by Crippen LogP contribution is 2.25. The first-order chi connectivity index (χ1) is 15.6. The number of nitrogens with one attached hydrogen (secondary N) is 2. The van der Waals surface area contributed by atoms with E-state index < -0.39 is 30.1 Å². The molecule has 0 saturated heterocycles. The van der Waals surface area contributed by atoms with E-state index in [0.717, 1.165) is 5.01 Å². The molecule has 0 radical (unpaired) electrons. The van der Waals surface area contributed by atoms with E-state index >= 15 is 0 Å². The zero-order valence-corrected chi connectivity index (χ0v) is 19.5. The number of nitrogens with zero attached hydrogens (tertiary/aromatic N) is 2. The molecule has 2 amide bonds. The minimum atomic E-state index is -0.873. The van der Waals surface area contributed by atoms with E-state index in [4.69, 9.17) is 0 Å². The SMILES string of the molecule is Cc1nc(CNC(=O)C(=O)c2c(C)c(C(=O)Nc3ccc(F)c(C)c3)c(C)n2CCF)cs1. The van der Waals surface area contributed by atoms with Crippen LogP contribution in [0.5, 0.6) is 0 Å². The number of alkyl halides is 1. The number of rotatable bonds is 8. The normalized spacial score (nSPS) is 10.8. The number of thiazole rings is 1. The summed E-state index contributed by atoms with van der Waals surface area (Å²) in [6.07, 6.45) is 0. The molecule has 0 fully saturated rings. The molecular formula is C23H24F2N4O3S. The number of ketones is 1. The lowest BCUT2D eigenvalue weighted by molar-refractivity contribution is -0.117. The van der Waals surface area contributed by atoms with Crippen molar-refractivity contribution in [3.8, 4) is 0 Å². The maximum absolute atomic E-state index is 13.5. The van der Waals surface area contributed by atoms with Crippen LogP contribution in [0.15, 0.2) is 23.6 Å². The van der Waals surface area contributed by atoms with Gasteiger partial charge in [0.15, 0.2) is 0 Å². The van der Waals surface area contributed by atoms with Crippen molar-refractivity contribution in [1.29, 1.82) is 0 Å². The fourth-order valence-electron chi connectivity index (χ4n) is 3.65. The first-order valence-corrected chi connectivity index (χ1v) is 11.1. The van der Waals surface area contributed by atoms with Crippen LogP contribution < -0.4 is 10.6 Å². The first kappa shape index (κ1) is 24.2. The predicted octanol–water partition coefficient (Wildman–Crippen LogP) is 4.04. The molecule has 0 aliphatic heterocycles. The molecule has 1 aromatic carbocycles. The highest BCUT2D eigenvalue weighted by atomic mass is 32.1. The summed E-state index contributed by atoms with van der Waals surface area (Å²) >= 11 is 1.42. The van der Waals surface area contributed by atoms with Gasteiger partial charge >= 0.3 is 0 Å². The molecule has 2 heterocycles. The van der Waals surface area contributed by atoms with Crippen LogP contribution >= 0.6 is 11.3 Å². The summed E-state index contributed by atoms with van der Waals surface area (Å²) in [7, 11) is 0. The average molecular weight is 475 g/mol. The van der Waals surface area contributed by atoms with E-state index in [1.54, 1.807) is 19.2 Å². The highest BCUT2D eigenvalue weighted by molar-refractivity contribution is 7.09. The molecular weight excluding hydrogens is 450 g/mol. The number of halogens is 2. The van der Waals surface area contributed by atoms with E-state index in [0.29, 0.717) is 22.6 Å². The van der Waals surface area contributed by atoms with E-state index in [1.807, 2.05) is 6.92 Å². The Morgan fingerprint density at radius 1 is 1.15 bits per heavy atom. The third-order valence-corrected chi connectivity index (χ3v) is 6.06. The Balaban J connectivity index is 1.88. The average Bonchev–Trinajstić information content (AvgIpc) is 3.29.